The summed E-state index contributed by atoms with van der Waals surface area (Å²) < 4.78 is 27.5. The zero-order valence-electron chi connectivity index (χ0n) is 11.8. The maximum absolute atomic E-state index is 11.6. The number of rotatable bonds is 4. The van der Waals surface area contributed by atoms with Crippen LogP contribution in [0.3, 0.4) is 0 Å². The Kier molecular flexibility index (Phi) is 4.57. The highest BCUT2D eigenvalue weighted by atomic mass is 35.5. The highest BCUT2D eigenvalue weighted by molar-refractivity contribution is 7.86. The summed E-state index contributed by atoms with van der Waals surface area (Å²) >= 11 is 6.02. The first-order valence-electron chi connectivity index (χ1n) is 6.35. The van der Waals surface area contributed by atoms with Crippen LogP contribution in [0.15, 0.2) is 23.4 Å². The summed E-state index contributed by atoms with van der Waals surface area (Å²) in [6, 6.07) is 1.98. The number of carboxylic acid groups (broad SMARTS) is 1. The van der Waals surface area contributed by atoms with E-state index in [1.165, 1.54) is 12.3 Å². The van der Waals surface area contributed by atoms with E-state index in [4.69, 9.17) is 15.8 Å². The van der Waals surface area contributed by atoms with Gasteiger partial charge in [0.2, 0.25) is 5.90 Å². The van der Waals surface area contributed by atoms with Gasteiger partial charge in [-0.25, -0.2) is 14.8 Å². The van der Waals surface area contributed by atoms with Crippen molar-refractivity contribution >= 4 is 39.4 Å². The molecule has 120 valence electrons. The van der Waals surface area contributed by atoms with E-state index < -0.39 is 28.0 Å². The zero-order valence-corrected chi connectivity index (χ0v) is 13.4. The van der Waals surface area contributed by atoms with Crippen LogP contribution < -0.4 is 5.01 Å². The molecule has 2 heterocycles. The molecule has 2 atom stereocenters. The molecule has 22 heavy (non-hydrogen) atoms. The number of aliphatic carboxylic acids is 1. The number of halogens is 1. The summed E-state index contributed by atoms with van der Waals surface area (Å²) in [6.45, 7) is 1.71. The van der Waals surface area contributed by atoms with Crippen LogP contribution in [0.1, 0.15) is 13.3 Å². The lowest BCUT2D eigenvalue weighted by Gasteiger charge is -2.22. The molecule has 0 fully saturated rings. The van der Waals surface area contributed by atoms with Gasteiger partial charge in [-0.15, -0.1) is 5.10 Å². The van der Waals surface area contributed by atoms with Crippen LogP contribution >= 0.6 is 11.6 Å². The molecule has 2 rings (SSSR count). The fourth-order valence-electron chi connectivity index (χ4n) is 2.18. The first kappa shape index (κ1) is 16.5. The minimum absolute atomic E-state index is 0.127. The van der Waals surface area contributed by atoms with Crippen LogP contribution in [0, 0.1) is 5.92 Å². The van der Waals surface area contributed by atoms with Crippen molar-refractivity contribution in [3.63, 3.8) is 0 Å². The largest absolute Gasteiger partial charge is 0.480 e. The van der Waals surface area contributed by atoms with E-state index in [-0.39, 0.29) is 16.7 Å². The van der Waals surface area contributed by atoms with Gasteiger partial charge in [0.1, 0.15) is 0 Å². The molecule has 0 saturated heterocycles. The fraction of sp³-hybridized carbons (Fsp3) is 0.417. The fourth-order valence-corrected chi connectivity index (χ4v) is 2.86. The van der Waals surface area contributed by atoms with Crippen LogP contribution in [-0.4, -0.2) is 42.7 Å². The van der Waals surface area contributed by atoms with Crippen LogP contribution in [0.2, 0.25) is 5.02 Å². The number of anilines is 1. The maximum atomic E-state index is 11.6. The van der Waals surface area contributed by atoms with Gasteiger partial charge < -0.3 is 9.29 Å². The topological polar surface area (TPSA) is 109 Å². The molecule has 0 bridgehead atoms. The molecule has 0 radical (unpaired) electrons. The van der Waals surface area contributed by atoms with Crippen LogP contribution in [0.4, 0.5) is 5.82 Å². The number of aromatic nitrogens is 1. The summed E-state index contributed by atoms with van der Waals surface area (Å²) in [7, 11) is -3.82. The minimum atomic E-state index is -3.82. The molecule has 0 aliphatic carbocycles. The molecule has 0 aromatic carbocycles. The van der Waals surface area contributed by atoms with E-state index in [1.807, 2.05) is 0 Å². The highest BCUT2D eigenvalue weighted by Crippen LogP contribution is 2.33. The van der Waals surface area contributed by atoms with Gasteiger partial charge in [-0.05, 0) is 18.6 Å². The van der Waals surface area contributed by atoms with Crippen molar-refractivity contribution in [1.82, 2.24) is 4.98 Å². The Balaban J connectivity index is 2.50. The maximum Gasteiger partial charge on any atom is 0.329 e. The first-order valence-corrected chi connectivity index (χ1v) is 8.54. The molecule has 10 heteroatoms. The van der Waals surface area contributed by atoms with Gasteiger partial charge in [0.15, 0.2) is 11.9 Å². The monoisotopic (exact) mass is 347 g/mol. The van der Waals surface area contributed by atoms with E-state index in [9.17, 15) is 18.3 Å². The number of nitrogens with zero attached hydrogens (tertiary/aromatic N) is 3. The van der Waals surface area contributed by atoms with Gasteiger partial charge in [0.25, 0.3) is 0 Å². The Morgan fingerprint density at radius 1 is 1.55 bits per heavy atom. The molecule has 0 spiro atoms. The smallest absolute Gasteiger partial charge is 0.329 e. The van der Waals surface area contributed by atoms with Crippen molar-refractivity contribution in [2.24, 2.45) is 11.0 Å². The van der Waals surface area contributed by atoms with Gasteiger partial charge in [0.05, 0.1) is 17.2 Å². The molecule has 1 aromatic rings. The average Bonchev–Trinajstić information content (AvgIpc) is 2.75. The van der Waals surface area contributed by atoms with Crippen LogP contribution in [0.5, 0.6) is 0 Å². The summed E-state index contributed by atoms with van der Waals surface area (Å²) in [6.07, 6.45) is 2.63. The third-order valence-electron chi connectivity index (χ3n) is 3.05. The Morgan fingerprint density at radius 2 is 2.23 bits per heavy atom. The second-order valence-electron chi connectivity index (χ2n) is 4.68. The molecular formula is C12H14ClN3O5S. The summed E-state index contributed by atoms with van der Waals surface area (Å²) in [5.41, 5.74) is 0. The number of hydrogen-bond donors (Lipinski definition) is 1. The van der Waals surface area contributed by atoms with E-state index >= 15 is 0 Å². The third-order valence-corrected chi connectivity index (χ3v) is 3.82. The van der Waals surface area contributed by atoms with Crippen molar-refractivity contribution in [3.8, 4) is 0 Å². The summed E-state index contributed by atoms with van der Waals surface area (Å²) in [5.74, 6) is -1.96. The minimum Gasteiger partial charge on any atom is -0.480 e. The molecule has 8 nitrogen and oxygen atoms in total. The number of pyridine rings is 1. The molecule has 0 saturated carbocycles. The first-order chi connectivity index (χ1) is 10.2. The van der Waals surface area contributed by atoms with E-state index in [0.29, 0.717) is 6.42 Å². The van der Waals surface area contributed by atoms with Crippen LogP contribution in [0.25, 0.3) is 0 Å². The van der Waals surface area contributed by atoms with Crippen molar-refractivity contribution in [2.75, 3.05) is 11.3 Å². The molecular weight excluding hydrogens is 334 g/mol. The Hall–Kier alpha value is -1.87. The third kappa shape index (κ3) is 3.30. The van der Waals surface area contributed by atoms with Gasteiger partial charge >= 0.3 is 16.1 Å². The molecule has 2 unspecified atom stereocenters. The average molecular weight is 348 g/mol. The molecule has 1 aliphatic heterocycles. The lowest BCUT2D eigenvalue weighted by Crippen LogP contribution is -2.41. The normalized spacial score (nSPS) is 21.6. The molecule has 1 aliphatic rings. The second-order valence-corrected chi connectivity index (χ2v) is 6.66. The van der Waals surface area contributed by atoms with E-state index in [0.717, 1.165) is 11.3 Å². The molecule has 0 amide bonds. The van der Waals surface area contributed by atoms with Gasteiger partial charge in [-0.2, -0.15) is 8.42 Å². The van der Waals surface area contributed by atoms with Gasteiger partial charge in [-0.1, -0.05) is 18.5 Å². The number of hydrogen-bond acceptors (Lipinski definition) is 7. The van der Waals surface area contributed by atoms with Crippen molar-refractivity contribution in [1.29, 1.82) is 0 Å². The highest BCUT2D eigenvalue weighted by Gasteiger charge is 2.45. The second kappa shape index (κ2) is 6.09. The van der Waals surface area contributed by atoms with Crippen molar-refractivity contribution in [2.45, 2.75) is 19.4 Å². The van der Waals surface area contributed by atoms with E-state index in [1.54, 1.807) is 13.0 Å². The lowest BCUT2D eigenvalue weighted by atomic mass is 9.98. The van der Waals surface area contributed by atoms with E-state index in [2.05, 4.69) is 10.1 Å². The quantitative estimate of drug-likeness (QED) is 0.818. The number of hydrazone groups is 1. The SMILES string of the molecule is CCC1C(OS(C)(=O)=O)=NN(c2ncccc2Cl)C1C(=O)O. The Labute approximate surface area is 132 Å². The number of carboxylic acids is 1. The zero-order chi connectivity index (χ0) is 16.5. The number of carbonyl (C=O) groups is 1. The molecule has 1 N–H and O–H groups in total. The standard InChI is InChI=1S/C12H14ClN3O5S/c1-3-7-9(12(17)18)16(10-8(13)5-4-6-14-10)15-11(7)21-22(2,19)20/h4-7,9H,3H2,1-2H3,(H,17,18). The predicted molar refractivity (Wildman–Crippen MR) is 80.3 cm³/mol. The summed E-state index contributed by atoms with van der Waals surface area (Å²) in [5, 5.41) is 14.7. The van der Waals surface area contributed by atoms with Gasteiger partial charge in [-0.3, -0.25) is 0 Å². The Bertz CT molecular complexity index is 721. The lowest BCUT2D eigenvalue weighted by molar-refractivity contribution is -0.139. The Morgan fingerprint density at radius 3 is 2.73 bits per heavy atom. The summed E-state index contributed by atoms with van der Waals surface area (Å²) in [4.78, 5) is 15.6. The van der Waals surface area contributed by atoms with Crippen molar-refractivity contribution < 1.29 is 22.5 Å². The van der Waals surface area contributed by atoms with Crippen LogP contribution in [-0.2, 0) is 19.1 Å². The predicted octanol–water partition coefficient (Wildman–Crippen LogP) is 1.32. The van der Waals surface area contributed by atoms with Crippen molar-refractivity contribution in [3.05, 3.63) is 23.4 Å². The van der Waals surface area contributed by atoms with Gasteiger partial charge in [0, 0.05) is 6.20 Å². The molecule has 1 aromatic heterocycles.